The van der Waals surface area contributed by atoms with Gasteiger partial charge in [-0.2, -0.15) is 0 Å². The molecule has 14 heavy (non-hydrogen) atoms. The SMILES string of the molecule is C=C(CC)CC(NN)c1ccc(Br)s1. The lowest BCUT2D eigenvalue weighted by molar-refractivity contribution is 0.553. The first kappa shape index (κ1) is 11.9. The van der Waals surface area contributed by atoms with Crippen molar-refractivity contribution in [2.75, 3.05) is 0 Å². The molecule has 0 saturated carbocycles. The highest BCUT2D eigenvalue weighted by atomic mass is 79.9. The molecular weight excluding hydrogens is 260 g/mol. The second-order valence-corrected chi connectivity index (χ2v) is 5.66. The maximum absolute atomic E-state index is 5.52. The Bertz CT molecular complexity index is 309. The van der Waals surface area contributed by atoms with Gasteiger partial charge in [-0.05, 0) is 40.9 Å². The van der Waals surface area contributed by atoms with Crippen molar-refractivity contribution in [1.29, 1.82) is 0 Å². The van der Waals surface area contributed by atoms with E-state index < -0.39 is 0 Å². The highest BCUT2D eigenvalue weighted by Gasteiger charge is 2.12. The minimum absolute atomic E-state index is 0.193. The summed E-state index contributed by atoms with van der Waals surface area (Å²) in [6.45, 7) is 6.10. The topological polar surface area (TPSA) is 38.0 Å². The van der Waals surface area contributed by atoms with E-state index in [9.17, 15) is 0 Å². The van der Waals surface area contributed by atoms with Crippen LogP contribution in [0.3, 0.4) is 0 Å². The molecule has 4 heteroatoms. The molecule has 78 valence electrons. The van der Waals surface area contributed by atoms with E-state index in [0.29, 0.717) is 0 Å². The molecule has 1 unspecified atom stereocenters. The van der Waals surface area contributed by atoms with Gasteiger partial charge in [-0.3, -0.25) is 11.3 Å². The van der Waals surface area contributed by atoms with Crippen molar-refractivity contribution in [3.05, 3.63) is 32.9 Å². The molecule has 3 N–H and O–H groups in total. The lowest BCUT2D eigenvalue weighted by Gasteiger charge is -2.14. The van der Waals surface area contributed by atoms with Gasteiger partial charge in [-0.15, -0.1) is 11.3 Å². The van der Waals surface area contributed by atoms with Crippen LogP contribution in [0.2, 0.25) is 0 Å². The molecule has 1 atom stereocenters. The van der Waals surface area contributed by atoms with Gasteiger partial charge in [0.2, 0.25) is 0 Å². The van der Waals surface area contributed by atoms with E-state index in [2.05, 4.69) is 40.9 Å². The minimum Gasteiger partial charge on any atom is -0.271 e. The fourth-order valence-corrected chi connectivity index (χ4v) is 2.67. The van der Waals surface area contributed by atoms with E-state index >= 15 is 0 Å². The second kappa shape index (κ2) is 5.66. The lowest BCUT2D eigenvalue weighted by Crippen LogP contribution is -2.27. The molecule has 0 fully saturated rings. The zero-order valence-electron chi connectivity index (χ0n) is 8.22. The van der Waals surface area contributed by atoms with Gasteiger partial charge in [0.15, 0.2) is 0 Å². The maximum atomic E-state index is 5.52. The zero-order chi connectivity index (χ0) is 10.6. The van der Waals surface area contributed by atoms with Crippen LogP contribution in [-0.2, 0) is 0 Å². The van der Waals surface area contributed by atoms with Gasteiger partial charge in [-0.25, -0.2) is 0 Å². The van der Waals surface area contributed by atoms with Gasteiger partial charge in [0.25, 0.3) is 0 Å². The van der Waals surface area contributed by atoms with Crippen molar-refractivity contribution >= 4 is 27.3 Å². The first-order chi connectivity index (χ1) is 6.67. The van der Waals surface area contributed by atoms with Crippen LogP contribution >= 0.6 is 27.3 Å². The van der Waals surface area contributed by atoms with E-state index in [-0.39, 0.29) is 6.04 Å². The van der Waals surface area contributed by atoms with Crippen molar-refractivity contribution < 1.29 is 0 Å². The van der Waals surface area contributed by atoms with Crippen LogP contribution in [0.4, 0.5) is 0 Å². The van der Waals surface area contributed by atoms with E-state index in [1.807, 2.05) is 6.07 Å². The van der Waals surface area contributed by atoms with E-state index in [0.717, 1.165) is 16.6 Å². The summed E-state index contributed by atoms with van der Waals surface area (Å²) in [7, 11) is 0. The Morgan fingerprint density at radius 2 is 2.43 bits per heavy atom. The molecule has 0 aliphatic rings. The Morgan fingerprint density at radius 1 is 1.71 bits per heavy atom. The van der Waals surface area contributed by atoms with Crippen LogP contribution in [0.25, 0.3) is 0 Å². The largest absolute Gasteiger partial charge is 0.271 e. The summed E-state index contributed by atoms with van der Waals surface area (Å²) >= 11 is 5.15. The Balaban J connectivity index is 2.67. The third kappa shape index (κ3) is 3.20. The molecule has 0 aliphatic heterocycles. The Labute approximate surface area is 97.3 Å². The van der Waals surface area contributed by atoms with Crippen LogP contribution in [0.5, 0.6) is 0 Å². The number of halogens is 1. The maximum Gasteiger partial charge on any atom is 0.0702 e. The van der Waals surface area contributed by atoms with E-state index in [1.165, 1.54) is 10.5 Å². The van der Waals surface area contributed by atoms with Gasteiger partial charge in [0.1, 0.15) is 0 Å². The van der Waals surface area contributed by atoms with Crippen molar-refractivity contribution in [2.45, 2.75) is 25.8 Å². The predicted octanol–water partition coefficient (Wildman–Crippen LogP) is 3.37. The molecular formula is C10H15BrN2S. The molecule has 0 amide bonds. The molecule has 1 heterocycles. The Kier molecular flexibility index (Phi) is 4.81. The molecule has 2 nitrogen and oxygen atoms in total. The fourth-order valence-electron chi connectivity index (χ4n) is 1.19. The molecule has 1 aromatic rings. The number of hydrogen-bond acceptors (Lipinski definition) is 3. The van der Waals surface area contributed by atoms with Crippen molar-refractivity contribution in [2.24, 2.45) is 5.84 Å². The van der Waals surface area contributed by atoms with Crippen LogP contribution in [0, 0.1) is 0 Å². The third-order valence-corrected chi connectivity index (χ3v) is 3.87. The monoisotopic (exact) mass is 274 g/mol. The number of rotatable bonds is 5. The number of nitrogens with one attached hydrogen (secondary N) is 1. The van der Waals surface area contributed by atoms with Gasteiger partial charge in [0.05, 0.1) is 9.83 Å². The summed E-state index contributed by atoms with van der Waals surface area (Å²) < 4.78 is 1.13. The summed E-state index contributed by atoms with van der Waals surface area (Å²) in [4.78, 5) is 1.24. The normalized spacial score (nSPS) is 12.8. The highest BCUT2D eigenvalue weighted by Crippen LogP contribution is 2.30. The summed E-state index contributed by atoms with van der Waals surface area (Å²) in [5, 5.41) is 0. The highest BCUT2D eigenvalue weighted by molar-refractivity contribution is 9.11. The molecule has 0 spiro atoms. The van der Waals surface area contributed by atoms with Crippen LogP contribution in [0.1, 0.15) is 30.7 Å². The molecule has 0 saturated heterocycles. The molecule has 0 radical (unpaired) electrons. The number of nitrogens with two attached hydrogens (primary N) is 1. The van der Waals surface area contributed by atoms with Gasteiger partial charge in [0, 0.05) is 4.88 Å². The predicted molar refractivity (Wildman–Crippen MR) is 66.1 cm³/mol. The molecule has 1 rings (SSSR count). The first-order valence-corrected chi connectivity index (χ1v) is 6.16. The number of hydrazine groups is 1. The van der Waals surface area contributed by atoms with Crippen molar-refractivity contribution in [1.82, 2.24) is 5.43 Å². The van der Waals surface area contributed by atoms with Crippen LogP contribution < -0.4 is 11.3 Å². The first-order valence-electron chi connectivity index (χ1n) is 4.55. The Hall–Kier alpha value is -0.160. The minimum atomic E-state index is 0.193. The average molecular weight is 275 g/mol. The number of hydrogen-bond donors (Lipinski definition) is 2. The van der Waals surface area contributed by atoms with Crippen molar-refractivity contribution in [3.8, 4) is 0 Å². The van der Waals surface area contributed by atoms with Crippen LogP contribution in [0.15, 0.2) is 28.1 Å². The zero-order valence-corrected chi connectivity index (χ0v) is 10.6. The van der Waals surface area contributed by atoms with Gasteiger partial charge < -0.3 is 0 Å². The second-order valence-electron chi connectivity index (χ2n) is 3.17. The van der Waals surface area contributed by atoms with Gasteiger partial charge in [-0.1, -0.05) is 19.1 Å². The lowest BCUT2D eigenvalue weighted by atomic mass is 10.1. The third-order valence-electron chi connectivity index (χ3n) is 2.13. The molecule has 1 aromatic heterocycles. The summed E-state index contributed by atoms with van der Waals surface area (Å²) in [6, 6.07) is 4.32. The molecule has 0 aliphatic carbocycles. The smallest absolute Gasteiger partial charge is 0.0702 e. The average Bonchev–Trinajstić information content (AvgIpc) is 2.60. The fraction of sp³-hybridized carbons (Fsp3) is 0.400. The Morgan fingerprint density at radius 3 is 2.86 bits per heavy atom. The number of thiophene rings is 1. The van der Waals surface area contributed by atoms with Crippen LogP contribution in [-0.4, -0.2) is 0 Å². The van der Waals surface area contributed by atoms with Gasteiger partial charge >= 0.3 is 0 Å². The van der Waals surface area contributed by atoms with E-state index in [4.69, 9.17) is 5.84 Å². The van der Waals surface area contributed by atoms with Crippen molar-refractivity contribution in [3.63, 3.8) is 0 Å². The molecule has 0 bridgehead atoms. The molecule has 0 aromatic carbocycles. The summed E-state index contributed by atoms with van der Waals surface area (Å²) in [5.74, 6) is 5.52. The van der Waals surface area contributed by atoms with E-state index in [1.54, 1.807) is 11.3 Å². The standard InChI is InChI=1S/C10H15BrN2S/c1-3-7(2)6-8(13-12)9-4-5-10(11)14-9/h4-5,8,13H,2-3,6,12H2,1H3. The summed E-state index contributed by atoms with van der Waals surface area (Å²) in [5.41, 5.74) is 4.05. The quantitative estimate of drug-likeness (QED) is 0.491. The summed E-state index contributed by atoms with van der Waals surface area (Å²) in [6.07, 6.45) is 1.91.